The van der Waals surface area contributed by atoms with Gasteiger partial charge in [0, 0.05) is 6.26 Å². The van der Waals surface area contributed by atoms with Gasteiger partial charge in [-0.05, 0) is 29.9 Å². The summed E-state index contributed by atoms with van der Waals surface area (Å²) in [6.45, 7) is 1.98. The Kier molecular flexibility index (Phi) is 5.12. The van der Waals surface area contributed by atoms with Crippen molar-refractivity contribution in [3.05, 3.63) is 33.4 Å². The molecule has 136 valence electrons. The molecule has 1 aromatic carbocycles. The van der Waals surface area contributed by atoms with Crippen molar-refractivity contribution in [2.45, 2.75) is 37.0 Å². The van der Waals surface area contributed by atoms with Gasteiger partial charge in [-0.1, -0.05) is 25.8 Å². The predicted octanol–water partition coefficient (Wildman–Crippen LogP) is 1.32. The van der Waals surface area contributed by atoms with Crippen LogP contribution in [0.5, 0.6) is 0 Å². The second kappa shape index (κ2) is 6.79. The third-order valence-corrected chi connectivity index (χ3v) is 5.61. The van der Waals surface area contributed by atoms with Gasteiger partial charge >= 0.3 is 5.69 Å². The number of carbonyl (C=O) groups is 1. The second-order valence-electron chi connectivity index (χ2n) is 6.27. The third kappa shape index (κ3) is 3.78. The number of carbonyl (C=O) groups excluding carboxylic acids is 1. The summed E-state index contributed by atoms with van der Waals surface area (Å²) in [6, 6.07) is 2.69. The molecule has 0 saturated heterocycles. The molecule has 2 unspecified atom stereocenters. The molecule has 0 aromatic heterocycles. The monoisotopic (exact) mass is 368 g/mol. The number of hydrogen-bond donors (Lipinski definition) is 2. The van der Waals surface area contributed by atoms with Crippen LogP contribution in [0.4, 0.5) is 5.69 Å². The summed E-state index contributed by atoms with van der Waals surface area (Å²) in [5.41, 5.74) is 9.45. The van der Waals surface area contributed by atoms with Crippen LogP contribution in [0.1, 0.15) is 48.0 Å². The number of sulfone groups is 1. The first-order chi connectivity index (χ1) is 11.5. The van der Waals surface area contributed by atoms with Gasteiger partial charge in [-0.3, -0.25) is 14.9 Å². The molecule has 1 saturated carbocycles. The van der Waals surface area contributed by atoms with Gasteiger partial charge in [0.15, 0.2) is 15.8 Å². The van der Waals surface area contributed by atoms with E-state index in [0.29, 0.717) is 5.56 Å². The van der Waals surface area contributed by atoms with Crippen LogP contribution >= 0.6 is 0 Å². The molecule has 1 aromatic rings. The number of nitrogens with two attached hydrogens (primary N) is 2. The van der Waals surface area contributed by atoms with Gasteiger partial charge in [0.05, 0.1) is 4.92 Å². The Morgan fingerprint density at radius 2 is 1.96 bits per heavy atom. The first-order valence-electron chi connectivity index (χ1n) is 7.69. The molecule has 2 atom stereocenters. The molecule has 0 aliphatic heterocycles. The predicted molar refractivity (Wildman–Crippen MR) is 92.1 cm³/mol. The minimum atomic E-state index is -3.96. The maximum atomic E-state index is 12.3. The topological polar surface area (TPSA) is 159 Å². The number of aliphatic imine (C=N–C) groups is 1. The molecule has 1 amide bonds. The van der Waals surface area contributed by atoms with E-state index in [9.17, 15) is 23.3 Å². The number of nitro benzene ring substituents is 1. The van der Waals surface area contributed by atoms with Crippen LogP contribution in [0.15, 0.2) is 22.0 Å². The maximum absolute atomic E-state index is 12.3. The summed E-state index contributed by atoms with van der Waals surface area (Å²) in [6.07, 6.45) is 3.46. The van der Waals surface area contributed by atoms with E-state index in [4.69, 9.17) is 11.5 Å². The molecule has 0 spiro atoms. The van der Waals surface area contributed by atoms with Crippen molar-refractivity contribution in [2.75, 3.05) is 6.26 Å². The van der Waals surface area contributed by atoms with Crippen LogP contribution in [0, 0.1) is 16.0 Å². The zero-order valence-electron chi connectivity index (χ0n) is 13.9. The largest absolute Gasteiger partial charge is 0.370 e. The number of guanidine groups is 1. The molecule has 1 fully saturated rings. The van der Waals surface area contributed by atoms with E-state index in [0.717, 1.165) is 25.5 Å². The highest BCUT2D eigenvalue weighted by Crippen LogP contribution is 2.44. The van der Waals surface area contributed by atoms with Crippen LogP contribution in [-0.2, 0) is 9.84 Å². The Labute approximate surface area is 145 Å². The molecule has 10 heteroatoms. The maximum Gasteiger partial charge on any atom is 0.301 e. The second-order valence-corrected chi connectivity index (χ2v) is 8.22. The summed E-state index contributed by atoms with van der Waals surface area (Å²) in [5, 5.41) is 11.6. The zero-order valence-corrected chi connectivity index (χ0v) is 14.7. The van der Waals surface area contributed by atoms with E-state index in [1.807, 2.05) is 6.92 Å². The summed E-state index contributed by atoms with van der Waals surface area (Å²) in [5.74, 6) is -1.54. The Morgan fingerprint density at radius 3 is 2.40 bits per heavy atom. The quantitative estimate of drug-likeness (QED) is 0.351. The van der Waals surface area contributed by atoms with Crippen LogP contribution in [-0.4, -0.2) is 31.5 Å². The third-order valence-electron chi connectivity index (χ3n) is 4.44. The lowest BCUT2D eigenvalue weighted by Gasteiger charge is -2.19. The molecule has 2 rings (SSSR count). The van der Waals surface area contributed by atoms with Gasteiger partial charge in [-0.25, -0.2) is 8.42 Å². The molecule has 25 heavy (non-hydrogen) atoms. The highest BCUT2D eigenvalue weighted by molar-refractivity contribution is 7.91. The summed E-state index contributed by atoms with van der Waals surface area (Å²) in [7, 11) is -3.96. The zero-order chi connectivity index (χ0) is 18.9. The van der Waals surface area contributed by atoms with Crippen molar-refractivity contribution >= 4 is 27.4 Å². The molecular weight excluding hydrogens is 348 g/mol. The Hall–Kier alpha value is -2.49. The molecule has 1 aliphatic carbocycles. The van der Waals surface area contributed by atoms with Gasteiger partial charge in [0.2, 0.25) is 0 Å². The Morgan fingerprint density at radius 1 is 1.32 bits per heavy atom. The highest BCUT2D eigenvalue weighted by atomic mass is 32.2. The van der Waals surface area contributed by atoms with Crippen LogP contribution in [0.3, 0.4) is 0 Å². The lowest BCUT2D eigenvalue weighted by molar-refractivity contribution is -0.388. The summed E-state index contributed by atoms with van der Waals surface area (Å²) in [4.78, 5) is 25.7. The summed E-state index contributed by atoms with van der Waals surface area (Å²) < 4.78 is 24.7. The molecule has 9 nitrogen and oxygen atoms in total. The molecule has 0 radical (unpaired) electrons. The van der Waals surface area contributed by atoms with Crippen LogP contribution < -0.4 is 11.5 Å². The molecular formula is C15H20N4O5S. The van der Waals surface area contributed by atoms with Crippen molar-refractivity contribution in [2.24, 2.45) is 22.4 Å². The van der Waals surface area contributed by atoms with Crippen molar-refractivity contribution in [3.8, 4) is 0 Å². The van der Waals surface area contributed by atoms with E-state index in [2.05, 4.69) is 4.99 Å². The van der Waals surface area contributed by atoms with Gasteiger partial charge < -0.3 is 11.5 Å². The fourth-order valence-corrected chi connectivity index (χ4v) is 4.59. The van der Waals surface area contributed by atoms with E-state index >= 15 is 0 Å². The molecule has 1 aliphatic rings. The first kappa shape index (κ1) is 18.8. The smallest absolute Gasteiger partial charge is 0.301 e. The van der Waals surface area contributed by atoms with Gasteiger partial charge in [-0.15, -0.1) is 0 Å². The number of rotatable bonds is 4. The van der Waals surface area contributed by atoms with E-state index in [1.54, 1.807) is 0 Å². The Bertz CT molecular complexity index is 859. The lowest BCUT2D eigenvalue weighted by atomic mass is 9.89. The van der Waals surface area contributed by atoms with E-state index in [1.165, 1.54) is 12.1 Å². The minimum Gasteiger partial charge on any atom is -0.370 e. The molecule has 4 N–H and O–H groups in total. The highest BCUT2D eigenvalue weighted by Gasteiger charge is 2.37. The van der Waals surface area contributed by atoms with E-state index in [-0.39, 0.29) is 11.8 Å². The number of hydrogen-bond acceptors (Lipinski definition) is 5. The summed E-state index contributed by atoms with van der Waals surface area (Å²) >= 11 is 0. The van der Waals surface area contributed by atoms with Crippen molar-refractivity contribution in [1.29, 1.82) is 0 Å². The average Bonchev–Trinajstić information content (AvgIpc) is 2.89. The van der Waals surface area contributed by atoms with Crippen molar-refractivity contribution < 1.29 is 18.1 Å². The van der Waals surface area contributed by atoms with Gasteiger partial charge in [-0.2, -0.15) is 4.99 Å². The number of benzene rings is 1. The minimum absolute atomic E-state index is 0.115. The fraction of sp³-hybridized carbons (Fsp3) is 0.467. The van der Waals surface area contributed by atoms with Gasteiger partial charge in [0.1, 0.15) is 10.5 Å². The lowest BCUT2D eigenvalue weighted by Crippen LogP contribution is -2.24. The standard InChI is InChI=1S/C15H20N4O5S/c1-8-4-3-5-9(8)10-6-7-11(14(20)18-15(16)17)12(19(21)22)13(10)25(2,23)24/h6-9H,3-5H2,1-2H3,(H4,16,17,18,20). The number of amides is 1. The number of nitro groups is 1. The van der Waals surface area contributed by atoms with Crippen LogP contribution in [0.2, 0.25) is 0 Å². The van der Waals surface area contributed by atoms with Crippen LogP contribution in [0.25, 0.3) is 0 Å². The van der Waals surface area contributed by atoms with Crippen molar-refractivity contribution in [3.63, 3.8) is 0 Å². The SMILES string of the molecule is CC1CCCC1c1ccc(C(=O)N=C(N)N)c([N+](=O)[O-])c1S(C)(=O)=O. The van der Waals surface area contributed by atoms with Crippen molar-refractivity contribution in [1.82, 2.24) is 0 Å². The molecule has 0 bridgehead atoms. The normalized spacial score (nSPS) is 20.2. The number of nitrogens with zero attached hydrogens (tertiary/aromatic N) is 2. The molecule has 0 heterocycles. The van der Waals surface area contributed by atoms with E-state index < -0.39 is 42.8 Å². The average molecular weight is 368 g/mol. The van der Waals surface area contributed by atoms with Gasteiger partial charge in [0.25, 0.3) is 5.91 Å². The first-order valence-corrected chi connectivity index (χ1v) is 9.58. The fourth-order valence-electron chi connectivity index (χ4n) is 3.41. The Balaban J connectivity index is 2.82.